The van der Waals surface area contributed by atoms with Crippen molar-refractivity contribution in [3.05, 3.63) is 28.2 Å². The number of amides is 1. The highest BCUT2D eigenvalue weighted by Gasteiger charge is 2.19. The maximum absolute atomic E-state index is 11.3. The molecule has 0 fully saturated rings. The minimum absolute atomic E-state index is 0.256. The van der Waals surface area contributed by atoms with Gasteiger partial charge in [0.15, 0.2) is 0 Å². The normalized spacial score (nSPS) is 11.9. The lowest BCUT2D eigenvalue weighted by Gasteiger charge is -2.17. The summed E-state index contributed by atoms with van der Waals surface area (Å²) in [5.74, 6) is -1.60. The van der Waals surface area contributed by atoms with E-state index in [1.54, 1.807) is 25.3 Å². The van der Waals surface area contributed by atoms with Crippen LogP contribution in [-0.4, -0.2) is 36.7 Å². The summed E-state index contributed by atoms with van der Waals surface area (Å²) in [5.41, 5.74) is 5.93. The number of primary amides is 1. The summed E-state index contributed by atoms with van der Waals surface area (Å²) in [5, 5.41) is 12.0. The van der Waals surface area contributed by atoms with Gasteiger partial charge in [-0.1, -0.05) is 15.9 Å². The highest BCUT2D eigenvalue weighted by molar-refractivity contribution is 9.10. The molecule has 1 unspecified atom stereocenters. The smallest absolute Gasteiger partial charge is 0.326 e. The van der Waals surface area contributed by atoms with Gasteiger partial charge in [0.05, 0.1) is 5.56 Å². The van der Waals surface area contributed by atoms with Crippen molar-refractivity contribution in [2.75, 3.05) is 19.0 Å². The van der Waals surface area contributed by atoms with Crippen LogP contribution in [0.25, 0.3) is 0 Å². The molecule has 4 N–H and O–H groups in total. The van der Waals surface area contributed by atoms with Crippen LogP contribution in [-0.2, 0) is 9.53 Å². The summed E-state index contributed by atoms with van der Waals surface area (Å²) >= 11 is 3.28. The van der Waals surface area contributed by atoms with E-state index in [0.717, 1.165) is 4.47 Å². The molecule has 110 valence electrons. The molecule has 0 saturated heterocycles. The minimum Gasteiger partial charge on any atom is -0.480 e. The Bertz CT molecular complexity index is 493. The Balaban J connectivity index is 2.89. The van der Waals surface area contributed by atoms with Crippen LogP contribution in [0.1, 0.15) is 23.2 Å². The number of anilines is 1. The van der Waals surface area contributed by atoms with Crippen LogP contribution in [0.3, 0.4) is 0 Å². The molecule has 1 aromatic rings. The van der Waals surface area contributed by atoms with Crippen LogP contribution in [0, 0.1) is 0 Å². The number of methoxy groups -OCH3 is 1. The number of nitrogens with one attached hydrogen (secondary N) is 1. The van der Waals surface area contributed by atoms with Crippen LogP contribution < -0.4 is 11.1 Å². The molecule has 1 aromatic carbocycles. The summed E-state index contributed by atoms with van der Waals surface area (Å²) in [4.78, 5) is 22.6. The number of nitrogens with two attached hydrogens (primary N) is 1. The second-order valence-electron chi connectivity index (χ2n) is 4.22. The third-order valence-corrected chi connectivity index (χ3v) is 3.21. The molecule has 20 heavy (non-hydrogen) atoms. The lowest BCUT2D eigenvalue weighted by Crippen LogP contribution is -2.30. The largest absolute Gasteiger partial charge is 0.480 e. The molecule has 7 heteroatoms. The van der Waals surface area contributed by atoms with Gasteiger partial charge in [0.1, 0.15) is 6.04 Å². The van der Waals surface area contributed by atoms with Crippen molar-refractivity contribution in [1.82, 2.24) is 0 Å². The van der Waals surface area contributed by atoms with Gasteiger partial charge in [-0.05, 0) is 31.0 Å². The van der Waals surface area contributed by atoms with Crippen LogP contribution in [0.15, 0.2) is 22.7 Å². The van der Waals surface area contributed by atoms with Gasteiger partial charge in [-0.3, -0.25) is 4.79 Å². The average Bonchev–Trinajstić information content (AvgIpc) is 2.37. The lowest BCUT2D eigenvalue weighted by atomic mass is 10.1. The predicted octanol–water partition coefficient (Wildman–Crippen LogP) is 1.84. The fraction of sp³-hybridized carbons (Fsp3) is 0.385. The van der Waals surface area contributed by atoms with E-state index in [9.17, 15) is 14.7 Å². The zero-order valence-electron chi connectivity index (χ0n) is 11.1. The predicted molar refractivity (Wildman–Crippen MR) is 78.8 cm³/mol. The number of carbonyl (C=O) groups is 2. The zero-order chi connectivity index (χ0) is 15.1. The van der Waals surface area contributed by atoms with E-state index in [1.165, 1.54) is 0 Å². The van der Waals surface area contributed by atoms with Crippen LogP contribution in [0.2, 0.25) is 0 Å². The molecule has 0 aliphatic carbocycles. The Hall–Kier alpha value is -1.60. The van der Waals surface area contributed by atoms with Gasteiger partial charge >= 0.3 is 5.97 Å². The van der Waals surface area contributed by atoms with Gasteiger partial charge in [0.2, 0.25) is 0 Å². The van der Waals surface area contributed by atoms with Gasteiger partial charge in [-0.2, -0.15) is 0 Å². The SMILES string of the molecule is COCCCC(Nc1cc(Br)ccc1C(N)=O)C(=O)O. The first kappa shape index (κ1) is 16.5. The number of ether oxygens (including phenoxy) is 1. The lowest BCUT2D eigenvalue weighted by molar-refractivity contribution is -0.138. The standard InChI is InChI=1S/C13H17BrN2O4/c1-20-6-2-3-10(13(18)19)16-11-7-8(14)4-5-9(11)12(15)17/h4-5,7,10,16H,2-3,6H2,1H3,(H2,15,17)(H,18,19). The average molecular weight is 345 g/mol. The molecule has 0 aliphatic rings. The fourth-order valence-corrected chi connectivity index (χ4v) is 2.09. The Labute approximate surface area is 125 Å². The van der Waals surface area contributed by atoms with Crippen molar-refractivity contribution in [2.45, 2.75) is 18.9 Å². The minimum atomic E-state index is -0.989. The Kier molecular flexibility index (Phi) is 6.47. The highest BCUT2D eigenvalue weighted by atomic mass is 79.9. The van der Waals surface area contributed by atoms with Crippen LogP contribution in [0.4, 0.5) is 5.69 Å². The quantitative estimate of drug-likeness (QED) is 0.624. The monoisotopic (exact) mass is 344 g/mol. The molecular weight excluding hydrogens is 328 g/mol. The van der Waals surface area contributed by atoms with Gasteiger partial charge < -0.3 is 20.9 Å². The van der Waals surface area contributed by atoms with E-state index in [-0.39, 0.29) is 5.56 Å². The molecule has 1 atom stereocenters. The number of carbonyl (C=O) groups excluding carboxylic acids is 1. The second kappa shape index (κ2) is 7.86. The molecule has 0 aromatic heterocycles. The molecule has 6 nitrogen and oxygen atoms in total. The first-order chi connectivity index (χ1) is 9.45. The summed E-state index contributed by atoms with van der Waals surface area (Å²) < 4.78 is 5.63. The number of hydrogen-bond donors (Lipinski definition) is 3. The van der Waals surface area contributed by atoms with Gasteiger partial charge in [-0.25, -0.2) is 4.79 Å². The van der Waals surface area contributed by atoms with E-state index in [0.29, 0.717) is 25.1 Å². The number of carboxylic acid groups (broad SMARTS) is 1. The third kappa shape index (κ3) is 4.82. The van der Waals surface area contributed by atoms with Gasteiger partial charge in [-0.15, -0.1) is 0 Å². The highest BCUT2D eigenvalue weighted by Crippen LogP contribution is 2.22. The Morgan fingerprint density at radius 3 is 2.75 bits per heavy atom. The number of halogens is 1. The van der Waals surface area contributed by atoms with E-state index in [1.807, 2.05) is 0 Å². The number of benzene rings is 1. The maximum Gasteiger partial charge on any atom is 0.326 e. The maximum atomic E-state index is 11.3. The van der Waals surface area contributed by atoms with E-state index >= 15 is 0 Å². The zero-order valence-corrected chi connectivity index (χ0v) is 12.6. The number of rotatable bonds is 8. The summed E-state index contributed by atoms with van der Waals surface area (Å²) in [6.07, 6.45) is 0.980. The van der Waals surface area contributed by atoms with Crippen LogP contribution in [0.5, 0.6) is 0 Å². The Morgan fingerprint density at radius 1 is 1.50 bits per heavy atom. The van der Waals surface area contributed by atoms with Crippen molar-refractivity contribution in [1.29, 1.82) is 0 Å². The van der Waals surface area contributed by atoms with Crippen molar-refractivity contribution in [3.63, 3.8) is 0 Å². The summed E-state index contributed by atoms with van der Waals surface area (Å²) in [6.45, 7) is 0.479. The number of aliphatic carboxylic acids is 1. The summed E-state index contributed by atoms with van der Waals surface area (Å²) in [6, 6.07) is 4.04. The molecular formula is C13H17BrN2O4. The first-order valence-corrected chi connectivity index (χ1v) is 6.82. The molecule has 0 bridgehead atoms. The molecule has 0 radical (unpaired) electrons. The fourth-order valence-electron chi connectivity index (χ4n) is 1.73. The van der Waals surface area contributed by atoms with Crippen molar-refractivity contribution in [3.8, 4) is 0 Å². The Morgan fingerprint density at radius 2 is 2.20 bits per heavy atom. The molecule has 1 amide bonds. The van der Waals surface area contributed by atoms with E-state index in [2.05, 4.69) is 21.2 Å². The number of carboxylic acids is 1. The van der Waals surface area contributed by atoms with E-state index in [4.69, 9.17) is 10.5 Å². The van der Waals surface area contributed by atoms with Crippen molar-refractivity contribution in [2.24, 2.45) is 5.73 Å². The second-order valence-corrected chi connectivity index (χ2v) is 5.14. The molecule has 0 saturated carbocycles. The topological polar surface area (TPSA) is 102 Å². The number of hydrogen-bond acceptors (Lipinski definition) is 4. The molecule has 0 aliphatic heterocycles. The summed E-state index contributed by atoms with van der Waals surface area (Å²) in [7, 11) is 1.56. The van der Waals surface area contributed by atoms with Crippen LogP contribution >= 0.6 is 15.9 Å². The van der Waals surface area contributed by atoms with Gasteiger partial charge in [0.25, 0.3) is 5.91 Å². The third-order valence-electron chi connectivity index (χ3n) is 2.72. The molecule has 0 spiro atoms. The van der Waals surface area contributed by atoms with Crippen molar-refractivity contribution >= 4 is 33.5 Å². The molecule has 1 rings (SSSR count). The molecule has 0 heterocycles. The first-order valence-electron chi connectivity index (χ1n) is 6.03. The van der Waals surface area contributed by atoms with Crippen molar-refractivity contribution < 1.29 is 19.4 Å². The van der Waals surface area contributed by atoms with Gasteiger partial charge in [0, 0.05) is 23.9 Å². The van der Waals surface area contributed by atoms with E-state index < -0.39 is 17.9 Å².